The highest BCUT2D eigenvalue weighted by Gasteiger charge is 2.21. The van der Waals surface area contributed by atoms with Gasteiger partial charge in [-0.05, 0) is 12.1 Å². The molecule has 2 N–H and O–H groups in total. The summed E-state index contributed by atoms with van der Waals surface area (Å²) in [6.45, 7) is 1.64. The Kier molecular flexibility index (Phi) is 3.46. The van der Waals surface area contributed by atoms with Crippen molar-refractivity contribution in [1.29, 1.82) is 0 Å². The molecule has 1 aliphatic heterocycles. The van der Waals surface area contributed by atoms with Gasteiger partial charge in [0.25, 0.3) is 5.91 Å². The molecule has 104 valence electrons. The number of fused-ring (bicyclic) bond motifs is 1. The minimum Gasteiger partial charge on any atom is -0.312 e. The maximum atomic E-state index is 12.3. The zero-order valence-corrected chi connectivity index (χ0v) is 11.9. The number of benzene rings is 1. The molecular weight excluding hydrogens is 276 g/mol. The number of hydrogen-bond acceptors (Lipinski definition) is 3. The molecule has 0 spiro atoms. The van der Waals surface area contributed by atoms with Crippen molar-refractivity contribution in [1.82, 2.24) is 15.1 Å². The molecule has 2 aromatic rings. The van der Waals surface area contributed by atoms with Crippen LogP contribution in [-0.4, -0.2) is 22.2 Å². The molecule has 0 radical (unpaired) electrons. The Hall–Kier alpha value is -1.85. The smallest absolute Gasteiger partial charge is 0.258 e. The lowest BCUT2D eigenvalue weighted by atomic mass is 10.1. The van der Waals surface area contributed by atoms with Crippen molar-refractivity contribution in [3.63, 3.8) is 0 Å². The second-order valence-corrected chi connectivity index (χ2v) is 5.17. The van der Waals surface area contributed by atoms with E-state index in [1.165, 1.54) is 0 Å². The summed E-state index contributed by atoms with van der Waals surface area (Å²) in [5.41, 5.74) is 2.56. The van der Waals surface area contributed by atoms with Gasteiger partial charge < -0.3 is 10.6 Å². The number of nitrogens with zero attached hydrogens (tertiary/aromatic N) is 2. The van der Waals surface area contributed by atoms with Gasteiger partial charge in [0.2, 0.25) is 0 Å². The molecule has 6 heteroatoms. The van der Waals surface area contributed by atoms with Gasteiger partial charge in [-0.2, -0.15) is 5.10 Å². The van der Waals surface area contributed by atoms with Crippen LogP contribution in [0.15, 0.2) is 24.3 Å². The second kappa shape index (κ2) is 5.26. The molecular formula is C14H15ClN4O. The van der Waals surface area contributed by atoms with Gasteiger partial charge >= 0.3 is 0 Å². The SMILES string of the molecule is Cn1nc2c(c1NC(=O)c1ccccc1Cl)CNCC2. The normalized spacial score (nSPS) is 13.9. The Morgan fingerprint density at radius 2 is 2.25 bits per heavy atom. The molecule has 20 heavy (non-hydrogen) atoms. The number of carbonyl (C=O) groups is 1. The fourth-order valence-electron chi connectivity index (χ4n) is 2.41. The van der Waals surface area contributed by atoms with Crippen molar-refractivity contribution in [3.05, 3.63) is 46.1 Å². The Morgan fingerprint density at radius 1 is 1.45 bits per heavy atom. The van der Waals surface area contributed by atoms with Crippen molar-refractivity contribution >= 4 is 23.3 Å². The Balaban J connectivity index is 1.90. The van der Waals surface area contributed by atoms with Crippen molar-refractivity contribution < 1.29 is 4.79 Å². The summed E-state index contributed by atoms with van der Waals surface area (Å²) >= 11 is 6.05. The number of anilines is 1. The number of amides is 1. The van der Waals surface area contributed by atoms with Crippen LogP contribution >= 0.6 is 11.6 Å². The summed E-state index contributed by atoms with van der Waals surface area (Å²) in [5, 5.41) is 11.1. The summed E-state index contributed by atoms with van der Waals surface area (Å²) in [7, 11) is 1.83. The van der Waals surface area contributed by atoms with E-state index in [9.17, 15) is 4.79 Å². The molecule has 0 saturated heterocycles. The summed E-state index contributed by atoms with van der Waals surface area (Å²) < 4.78 is 1.71. The van der Waals surface area contributed by atoms with Crippen molar-refractivity contribution in [2.45, 2.75) is 13.0 Å². The van der Waals surface area contributed by atoms with Crippen LogP contribution in [0.1, 0.15) is 21.6 Å². The number of halogens is 1. The van der Waals surface area contributed by atoms with Crippen LogP contribution in [0.4, 0.5) is 5.82 Å². The monoisotopic (exact) mass is 290 g/mol. The van der Waals surface area contributed by atoms with Gasteiger partial charge in [-0.25, -0.2) is 0 Å². The first kappa shape index (κ1) is 13.1. The molecule has 5 nitrogen and oxygen atoms in total. The van der Waals surface area contributed by atoms with Crippen LogP contribution in [0.25, 0.3) is 0 Å². The summed E-state index contributed by atoms with van der Waals surface area (Å²) in [4.78, 5) is 12.3. The minimum atomic E-state index is -0.216. The van der Waals surface area contributed by atoms with Gasteiger partial charge in [-0.1, -0.05) is 23.7 Å². The van der Waals surface area contributed by atoms with Crippen LogP contribution in [0.3, 0.4) is 0 Å². The average molecular weight is 291 g/mol. The lowest BCUT2D eigenvalue weighted by Gasteiger charge is -2.13. The largest absolute Gasteiger partial charge is 0.312 e. The van der Waals surface area contributed by atoms with Gasteiger partial charge in [0.1, 0.15) is 5.82 Å². The molecule has 1 aromatic carbocycles. The van der Waals surface area contributed by atoms with Crippen molar-refractivity contribution in [2.24, 2.45) is 7.05 Å². The number of aromatic nitrogens is 2. The first-order chi connectivity index (χ1) is 9.66. The van der Waals surface area contributed by atoms with E-state index in [-0.39, 0.29) is 5.91 Å². The first-order valence-electron chi connectivity index (χ1n) is 6.48. The topological polar surface area (TPSA) is 59.0 Å². The van der Waals surface area contributed by atoms with Gasteiger partial charge in [-0.3, -0.25) is 9.48 Å². The maximum absolute atomic E-state index is 12.3. The number of rotatable bonds is 2. The minimum absolute atomic E-state index is 0.216. The average Bonchev–Trinajstić information content (AvgIpc) is 2.76. The molecule has 1 amide bonds. The zero-order chi connectivity index (χ0) is 14.1. The van der Waals surface area contributed by atoms with Crippen molar-refractivity contribution in [2.75, 3.05) is 11.9 Å². The number of aryl methyl sites for hydroxylation is 1. The van der Waals surface area contributed by atoms with Gasteiger partial charge in [0.15, 0.2) is 0 Å². The Bertz CT molecular complexity index is 665. The molecule has 0 unspecified atom stereocenters. The number of nitrogens with one attached hydrogen (secondary N) is 2. The Morgan fingerprint density at radius 3 is 3.05 bits per heavy atom. The number of hydrogen-bond donors (Lipinski definition) is 2. The highest BCUT2D eigenvalue weighted by atomic mass is 35.5. The lowest BCUT2D eigenvalue weighted by molar-refractivity contribution is 0.102. The predicted octanol–water partition coefficient (Wildman–Crippen LogP) is 1.97. The quantitative estimate of drug-likeness (QED) is 0.889. The summed E-state index contributed by atoms with van der Waals surface area (Å²) in [5.74, 6) is 0.518. The highest BCUT2D eigenvalue weighted by Crippen LogP contribution is 2.23. The van der Waals surface area contributed by atoms with Crippen LogP contribution in [0.2, 0.25) is 5.02 Å². The molecule has 0 aliphatic carbocycles. The molecule has 3 rings (SSSR count). The van der Waals surface area contributed by atoms with Crippen LogP contribution < -0.4 is 10.6 Å². The van der Waals surface area contributed by atoms with Crippen molar-refractivity contribution in [3.8, 4) is 0 Å². The highest BCUT2D eigenvalue weighted by molar-refractivity contribution is 6.34. The molecule has 0 atom stereocenters. The summed E-state index contributed by atoms with van der Waals surface area (Å²) in [6.07, 6.45) is 0.880. The van der Waals surface area contributed by atoms with E-state index in [1.54, 1.807) is 28.9 Å². The second-order valence-electron chi connectivity index (χ2n) is 4.76. The lowest BCUT2D eigenvalue weighted by Crippen LogP contribution is -2.24. The molecule has 0 saturated carbocycles. The molecule has 1 aliphatic rings. The molecule has 0 bridgehead atoms. The van der Waals surface area contributed by atoms with Crippen LogP contribution in [-0.2, 0) is 20.0 Å². The molecule has 2 heterocycles. The zero-order valence-electron chi connectivity index (χ0n) is 11.1. The van der Waals surface area contributed by atoms with Crippen LogP contribution in [0.5, 0.6) is 0 Å². The van der Waals surface area contributed by atoms with E-state index in [0.29, 0.717) is 10.6 Å². The third-order valence-electron chi connectivity index (χ3n) is 3.42. The van der Waals surface area contributed by atoms with E-state index in [2.05, 4.69) is 15.7 Å². The summed E-state index contributed by atoms with van der Waals surface area (Å²) in [6, 6.07) is 7.01. The van der Waals surface area contributed by atoms with Gasteiger partial charge in [-0.15, -0.1) is 0 Å². The fraction of sp³-hybridized carbons (Fsp3) is 0.286. The standard InChI is InChI=1S/C14H15ClN4O/c1-19-13(10-8-16-7-6-12(10)18-19)17-14(20)9-4-2-3-5-11(9)15/h2-5,16H,6-8H2,1H3,(H,17,20). The fourth-order valence-corrected chi connectivity index (χ4v) is 2.63. The van der Waals surface area contributed by atoms with E-state index < -0.39 is 0 Å². The maximum Gasteiger partial charge on any atom is 0.258 e. The number of carbonyl (C=O) groups excluding carboxylic acids is 1. The van der Waals surface area contributed by atoms with Crippen LogP contribution in [0, 0.1) is 0 Å². The van der Waals surface area contributed by atoms with Gasteiger partial charge in [0, 0.05) is 32.1 Å². The van der Waals surface area contributed by atoms with Gasteiger partial charge in [0.05, 0.1) is 16.3 Å². The van der Waals surface area contributed by atoms with E-state index >= 15 is 0 Å². The third-order valence-corrected chi connectivity index (χ3v) is 3.75. The Labute approximate surface area is 121 Å². The predicted molar refractivity (Wildman–Crippen MR) is 78.0 cm³/mol. The van der Waals surface area contributed by atoms with E-state index in [0.717, 1.165) is 36.6 Å². The first-order valence-corrected chi connectivity index (χ1v) is 6.86. The third kappa shape index (κ3) is 2.30. The van der Waals surface area contributed by atoms with E-state index in [1.807, 2.05) is 7.05 Å². The molecule has 1 aromatic heterocycles. The van der Waals surface area contributed by atoms with E-state index in [4.69, 9.17) is 11.6 Å². The molecule has 0 fully saturated rings.